The molecule has 2 aromatic heterocycles. The van der Waals surface area contributed by atoms with Gasteiger partial charge in [0.05, 0.1) is 31.0 Å². The van der Waals surface area contributed by atoms with Crippen molar-refractivity contribution < 1.29 is 22.6 Å². The number of fused-ring (bicyclic) bond motifs is 2. The van der Waals surface area contributed by atoms with Gasteiger partial charge in [0.25, 0.3) is 0 Å². The van der Waals surface area contributed by atoms with Gasteiger partial charge in [-0.25, -0.2) is 14.4 Å². The van der Waals surface area contributed by atoms with Crippen molar-refractivity contribution in [2.75, 3.05) is 41.8 Å². The van der Waals surface area contributed by atoms with Crippen LogP contribution < -0.4 is 20.3 Å². The Morgan fingerprint density at radius 1 is 1.23 bits per heavy atom. The van der Waals surface area contributed by atoms with Crippen molar-refractivity contribution in [3.8, 4) is 17.0 Å². The van der Waals surface area contributed by atoms with Crippen molar-refractivity contribution in [3.05, 3.63) is 18.3 Å². The molecule has 3 atom stereocenters. The van der Waals surface area contributed by atoms with Gasteiger partial charge in [-0.05, 0) is 25.3 Å². The molecule has 3 fully saturated rings. The van der Waals surface area contributed by atoms with Gasteiger partial charge in [0.1, 0.15) is 12.0 Å². The van der Waals surface area contributed by atoms with E-state index < -0.39 is 12.8 Å². The highest BCUT2D eigenvalue weighted by molar-refractivity contribution is 5.68. The first-order chi connectivity index (χ1) is 15.0. The molecule has 3 saturated heterocycles. The first-order valence-corrected chi connectivity index (χ1v) is 10.3. The van der Waals surface area contributed by atoms with E-state index in [2.05, 4.69) is 19.6 Å². The van der Waals surface area contributed by atoms with Gasteiger partial charge >= 0.3 is 6.61 Å². The maximum Gasteiger partial charge on any atom is 0.387 e. The first-order valence-electron chi connectivity index (χ1n) is 10.3. The van der Waals surface area contributed by atoms with Crippen LogP contribution in [0.2, 0.25) is 0 Å². The number of aromatic nitrogens is 3. The maximum absolute atomic E-state index is 14.0. The van der Waals surface area contributed by atoms with Gasteiger partial charge < -0.3 is 25.0 Å². The Morgan fingerprint density at radius 3 is 2.81 bits per heavy atom. The summed E-state index contributed by atoms with van der Waals surface area (Å²) >= 11 is 0. The van der Waals surface area contributed by atoms with Gasteiger partial charge in [0.15, 0.2) is 11.6 Å². The molecule has 3 aliphatic rings. The number of piperidine rings is 1. The molecule has 8 nitrogen and oxygen atoms in total. The Balaban J connectivity index is 1.54. The molecule has 0 aromatic carbocycles. The summed E-state index contributed by atoms with van der Waals surface area (Å²) in [4.78, 5) is 17.3. The number of alkyl halides is 3. The predicted molar refractivity (Wildman–Crippen MR) is 108 cm³/mol. The molecule has 166 valence electrons. The van der Waals surface area contributed by atoms with Crippen LogP contribution in [0, 0.1) is 0 Å². The number of pyridine rings is 1. The van der Waals surface area contributed by atoms with E-state index >= 15 is 0 Å². The Hall–Kier alpha value is -2.82. The largest absolute Gasteiger partial charge is 0.431 e. The second-order valence-electron chi connectivity index (χ2n) is 8.08. The lowest BCUT2D eigenvalue weighted by atomic mass is 10.1. The van der Waals surface area contributed by atoms with E-state index in [0.717, 1.165) is 6.42 Å². The number of morpholine rings is 1. The summed E-state index contributed by atoms with van der Waals surface area (Å²) in [5, 5.41) is 0. The number of hydrogen-bond donors (Lipinski definition) is 1. The number of nitrogens with two attached hydrogens (primary N) is 1. The summed E-state index contributed by atoms with van der Waals surface area (Å²) in [7, 11) is 0. The number of hydrogen-bond acceptors (Lipinski definition) is 8. The van der Waals surface area contributed by atoms with Crippen molar-refractivity contribution in [2.45, 2.75) is 44.2 Å². The van der Waals surface area contributed by atoms with E-state index in [1.54, 1.807) is 6.07 Å². The molecule has 11 heteroatoms. The van der Waals surface area contributed by atoms with Crippen LogP contribution in [0.3, 0.4) is 0 Å². The van der Waals surface area contributed by atoms with Crippen LogP contribution in [0.1, 0.15) is 19.3 Å². The fraction of sp³-hybridized carbons (Fsp3) is 0.550. The summed E-state index contributed by atoms with van der Waals surface area (Å²) in [6, 6.07) is 3.40. The van der Waals surface area contributed by atoms with Crippen molar-refractivity contribution in [2.24, 2.45) is 0 Å². The highest BCUT2D eigenvalue weighted by Gasteiger charge is 2.40. The molecule has 3 aliphatic heterocycles. The van der Waals surface area contributed by atoms with Crippen LogP contribution in [0.15, 0.2) is 18.3 Å². The quantitative estimate of drug-likeness (QED) is 0.765. The van der Waals surface area contributed by atoms with Crippen molar-refractivity contribution in [1.29, 1.82) is 0 Å². The standard InChI is InChI=1S/C20H23F3N6O2/c21-12-2-1-3-28(8-12)20-26-15(11-4-16(31-19(22)23)18(24)25-7-11)6-17(27-20)29-9-14-5-13(29)10-30-14/h4,6-7,12-14,19H,1-3,5,8-10H2,(H2,24,25)/t12?,13-,14?/m0/s1. The van der Waals surface area contributed by atoms with Crippen LogP contribution in [-0.4, -0.2) is 66.1 Å². The summed E-state index contributed by atoms with van der Waals surface area (Å²) in [5.74, 6) is 0.755. The van der Waals surface area contributed by atoms with Crippen LogP contribution in [0.4, 0.5) is 30.8 Å². The van der Waals surface area contributed by atoms with Gasteiger partial charge in [-0.2, -0.15) is 13.8 Å². The van der Waals surface area contributed by atoms with Crippen LogP contribution in [-0.2, 0) is 4.74 Å². The minimum absolute atomic E-state index is 0.135. The minimum atomic E-state index is -3.02. The average molecular weight is 436 g/mol. The number of halogens is 3. The lowest BCUT2D eigenvalue weighted by Crippen LogP contribution is -2.39. The molecule has 0 radical (unpaired) electrons. The monoisotopic (exact) mass is 436 g/mol. The minimum Gasteiger partial charge on any atom is -0.431 e. The molecule has 2 aromatic rings. The van der Waals surface area contributed by atoms with Gasteiger partial charge in [0.2, 0.25) is 5.95 Å². The summed E-state index contributed by atoms with van der Waals surface area (Å²) in [6.45, 7) is -0.807. The molecule has 5 heterocycles. The number of nitrogen functional groups attached to an aromatic ring is 1. The normalized spacial score (nSPS) is 25.5. The summed E-state index contributed by atoms with van der Waals surface area (Å²) < 4.78 is 49.7. The van der Waals surface area contributed by atoms with E-state index in [1.807, 2.05) is 4.90 Å². The van der Waals surface area contributed by atoms with Crippen molar-refractivity contribution in [1.82, 2.24) is 15.0 Å². The zero-order valence-corrected chi connectivity index (χ0v) is 16.8. The Kier molecular flexibility index (Phi) is 5.20. The molecule has 0 spiro atoms. The molecule has 2 N–H and O–H groups in total. The average Bonchev–Trinajstić information content (AvgIpc) is 3.38. The first kappa shape index (κ1) is 20.1. The zero-order chi connectivity index (χ0) is 21.5. The lowest BCUT2D eigenvalue weighted by Gasteiger charge is -2.32. The second kappa shape index (κ2) is 8.03. The third-order valence-electron chi connectivity index (χ3n) is 5.94. The van der Waals surface area contributed by atoms with Gasteiger partial charge in [0, 0.05) is 30.9 Å². The van der Waals surface area contributed by atoms with E-state index in [0.29, 0.717) is 55.6 Å². The molecule has 0 saturated carbocycles. The van der Waals surface area contributed by atoms with Crippen LogP contribution in [0.5, 0.6) is 5.75 Å². The third-order valence-corrected chi connectivity index (χ3v) is 5.94. The second-order valence-corrected chi connectivity index (χ2v) is 8.08. The number of rotatable bonds is 5. The van der Waals surface area contributed by atoms with Gasteiger partial charge in [-0.1, -0.05) is 0 Å². The predicted octanol–water partition coefficient (Wildman–Crippen LogP) is 2.64. The van der Waals surface area contributed by atoms with Crippen molar-refractivity contribution >= 4 is 17.6 Å². The molecule has 2 bridgehead atoms. The smallest absolute Gasteiger partial charge is 0.387 e. The fourth-order valence-electron chi connectivity index (χ4n) is 4.43. The van der Waals surface area contributed by atoms with Crippen molar-refractivity contribution in [3.63, 3.8) is 0 Å². The molecular formula is C20H23F3N6O2. The number of ether oxygens (including phenoxy) is 2. The van der Waals surface area contributed by atoms with E-state index in [1.165, 1.54) is 12.3 Å². The Bertz CT molecular complexity index is 965. The molecule has 0 aliphatic carbocycles. The van der Waals surface area contributed by atoms with Gasteiger partial charge in [-0.3, -0.25) is 0 Å². The molecular weight excluding hydrogens is 413 g/mol. The zero-order valence-electron chi connectivity index (χ0n) is 16.8. The SMILES string of the molecule is Nc1ncc(-c2cc(N3CC4C[C@H]3CO4)nc(N3CCCC(F)C3)n2)cc1OC(F)F. The van der Waals surface area contributed by atoms with E-state index in [9.17, 15) is 13.2 Å². The molecule has 0 amide bonds. The lowest BCUT2D eigenvalue weighted by molar-refractivity contribution is -0.0494. The molecule has 31 heavy (non-hydrogen) atoms. The summed E-state index contributed by atoms with van der Waals surface area (Å²) in [5.41, 5.74) is 6.62. The van der Waals surface area contributed by atoms with Crippen LogP contribution >= 0.6 is 0 Å². The maximum atomic E-state index is 14.0. The molecule has 5 rings (SSSR count). The van der Waals surface area contributed by atoms with Crippen LogP contribution in [0.25, 0.3) is 11.3 Å². The van der Waals surface area contributed by atoms with E-state index in [-0.39, 0.29) is 30.3 Å². The third kappa shape index (κ3) is 4.06. The Labute approximate surface area is 177 Å². The molecule has 2 unspecified atom stereocenters. The van der Waals surface area contributed by atoms with Gasteiger partial charge in [-0.15, -0.1) is 0 Å². The number of anilines is 3. The Morgan fingerprint density at radius 2 is 2.10 bits per heavy atom. The topological polar surface area (TPSA) is 89.6 Å². The summed E-state index contributed by atoms with van der Waals surface area (Å²) in [6.07, 6.45) is 2.85. The number of nitrogens with zero attached hydrogens (tertiary/aromatic N) is 5. The highest BCUT2D eigenvalue weighted by Crippen LogP contribution is 2.35. The fourth-order valence-corrected chi connectivity index (χ4v) is 4.43. The highest BCUT2D eigenvalue weighted by atomic mass is 19.3. The van der Waals surface area contributed by atoms with E-state index in [4.69, 9.17) is 15.5 Å².